The van der Waals surface area contributed by atoms with Crippen LogP contribution in [0, 0.1) is 11.8 Å². The second-order valence-electron chi connectivity index (χ2n) is 5.42. The number of nitrogens with one attached hydrogen (secondary N) is 1. The average Bonchev–Trinajstić information content (AvgIpc) is 3.01. The summed E-state index contributed by atoms with van der Waals surface area (Å²) >= 11 is 0. The molecule has 2 saturated carbocycles. The molecule has 0 aromatic rings. The van der Waals surface area contributed by atoms with Crippen molar-refractivity contribution in [1.29, 1.82) is 0 Å². The first-order valence-corrected chi connectivity index (χ1v) is 6.92. The van der Waals surface area contributed by atoms with E-state index in [2.05, 4.69) is 12.3 Å². The lowest BCUT2D eigenvalue weighted by atomic mass is 9.93. The van der Waals surface area contributed by atoms with Gasteiger partial charge in [-0.05, 0) is 38.0 Å². The molecule has 0 bridgehead atoms. The SMILES string of the molecule is CCOC(C1CC1)C(CC1CCCC1)NN. The van der Waals surface area contributed by atoms with E-state index in [-0.39, 0.29) is 0 Å². The van der Waals surface area contributed by atoms with Crippen LogP contribution in [0.25, 0.3) is 0 Å². The van der Waals surface area contributed by atoms with E-state index in [1.165, 1.54) is 44.9 Å². The molecule has 2 rings (SSSR count). The molecular formula is C13H26N2O. The maximum absolute atomic E-state index is 5.89. The van der Waals surface area contributed by atoms with Gasteiger partial charge >= 0.3 is 0 Å². The third-order valence-electron chi connectivity index (χ3n) is 4.12. The van der Waals surface area contributed by atoms with Gasteiger partial charge in [-0.1, -0.05) is 25.7 Å². The van der Waals surface area contributed by atoms with E-state index in [1.54, 1.807) is 0 Å². The Morgan fingerprint density at radius 1 is 1.25 bits per heavy atom. The highest BCUT2D eigenvalue weighted by Crippen LogP contribution is 2.38. The fourth-order valence-electron chi connectivity index (χ4n) is 3.10. The van der Waals surface area contributed by atoms with E-state index in [4.69, 9.17) is 10.6 Å². The van der Waals surface area contributed by atoms with Gasteiger partial charge in [0.2, 0.25) is 0 Å². The van der Waals surface area contributed by atoms with Gasteiger partial charge in [0.15, 0.2) is 0 Å². The third-order valence-corrected chi connectivity index (χ3v) is 4.12. The first-order chi connectivity index (χ1) is 7.85. The van der Waals surface area contributed by atoms with E-state index in [1.807, 2.05) is 0 Å². The first-order valence-electron chi connectivity index (χ1n) is 6.92. The Labute approximate surface area is 99.1 Å². The monoisotopic (exact) mass is 226 g/mol. The van der Waals surface area contributed by atoms with Crippen LogP contribution in [0.1, 0.15) is 51.9 Å². The van der Waals surface area contributed by atoms with E-state index in [0.717, 1.165) is 18.4 Å². The molecule has 0 spiro atoms. The quantitative estimate of drug-likeness (QED) is 0.517. The molecule has 2 fully saturated rings. The van der Waals surface area contributed by atoms with Crippen molar-refractivity contribution < 1.29 is 4.74 Å². The predicted octanol–water partition coefficient (Wildman–Crippen LogP) is 2.21. The van der Waals surface area contributed by atoms with Gasteiger partial charge in [0.25, 0.3) is 0 Å². The normalized spacial score (nSPS) is 25.9. The molecule has 0 heterocycles. The molecule has 0 aliphatic heterocycles. The molecule has 2 aliphatic rings. The lowest BCUT2D eigenvalue weighted by Gasteiger charge is -2.28. The summed E-state index contributed by atoms with van der Waals surface area (Å²) in [5, 5.41) is 0. The summed E-state index contributed by atoms with van der Waals surface area (Å²) in [4.78, 5) is 0. The van der Waals surface area contributed by atoms with Crippen molar-refractivity contribution in [3.63, 3.8) is 0 Å². The van der Waals surface area contributed by atoms with Crippen molar-refractivity contribution >= 4 is 0 Å². The second kappa shape index (κ2) is 5.99. The van der Waals surface area contributed by atoms with Crippen molar-refractivity contribution in [3.8, 4) is 0 Å². The number of hydrogen-bond donors (Lipinski definition) is 2. The maximum atomic E-state index is 5.89. The molecule has 2 aliphatic carbocycles. The zero-order chi connectivity index (χ0) is 11.4. The molecule has 16 heavy (non-hydrogen) atoms. The molecular weight excluding hydrogens is 200 g/mol. The van der Waals surface area contributed by atoms with Crippen molar-refractivity contribution in [2.75, 3.05) is 6.61 Å². The van der Waals surface area contributed by atoms with E-state index in [0.29, 0.717) is 12.1 Å². The zero-order valence-electron chi connectivity index (χ0n) is 10.5. The molecule has 94 valence electrons. The Bertz CT molecular complexity index is 200. The smallest absolute Gasteiger partial charge is 0.0769 e. The molecule has 0 radical (unpaired) electrons. The first kappa shape index (κ1) is 12.3. The van der Waals surface area contributed by atoms with Crippen LogP contribution in [0.5, 0.6) is 0 Å². The number of hydrogen-bond acceptors (Lipinski definition) is 3. The summed E-state index contributed by atoms with van der Waals surface area (Å²) in [6.07, 6.45) is 9.81. The standard InChI is InChI=1S/C13H26N2O/c1-2-16-13(11-7-8-11)12(15-14)9-10-5-3-4-6-10/h10-13,15H,2-9,14H2,1H3. The highest BCUT2D eigenvalue weighted by atomic mass is 16.5. The molecule has 0 aromatic carbocycles. The minimum Gasteiger partial charge on any atom is -0.377 e. The average molecular weight is 226 g/mol. The van der Waals surface area contributed by atoms with Crippen LogP contribution < -0.4 is 11.3 Å². The summed E-state index contributed by atoms with van der Waals surface area (Å²) < 4.78 is 5.89. The summed E-state index contributed by atoms with van der Waals surface area (Å²) in [7, 11) is 0. The molecule has 3 N–H and O–H groups in total. The number of ether oxygens (including phenoxy) is 1. The molecule has 2 unspecified atom stereocenters. The van der Waals surface area contributed by atoms with Crippen LogP contribution in [0.3, 0.4) is 0 Å². The van der Waals surface area contributed by atoms with E-state index >= 15 is 0 Å². The second-order valence-corrected chi connectivity index (χ2v) is 5.42. The highest BCUT2D eigenvalue weighted by Gasteiger charge is 2.37. The van der Waals surface area contributed by atoms with Crippen LogP contribution in [-0.4, -0.2) is 18.8 Å². The Kier molecular flexibility index (Phi) is 4.62. The lowest BCUT2D eigenvalue weighted by Crippen LogP contribution is -2.47. The summed E-state index contributed by atoms with van der Waals surface area (Å²) in [6, 6.07) is 0.371. The van der Waals surface area contributed by atoms with Gasteiger partial charge in [-0.25, -0.2) is 0 Å². The van der Waals surface area contributed by atoms with Crippen molar-refractivity contribution in [1.82, 2.24) is 5.43 Å². The highest BCUT2D eigenvalue weighted by molar-refractivity contribution is 4.91. The lowest BCUT2D eigenvalue weighted by molar-refractivity contribution is 0.0129. The van der Waals surface area contributed by atoms with Crippen LogP contribution in [-0.2, 0) is 4.74 Å². The molecule has 3 nitrogen and oxygen atoms in total. The minimum atomic E-state index is 0.357. The summed E-state index contributed by atoms with van der Waals surface area (Å²) in [5.74, 6) is 7.36. The fourth-order valence-corrected chi connectivity index (χ4v) is 3.10. The van der Waals surface area contributed by atoms with Gasteiger partial charge in [-0.15, -0.1) is 0 Å². The van der Waals surface area contributed by atoms with Crippen LogP contribution in [0.4, 0.5) is 0 Å². The van der Waals surface area contributed by atoms with Gasteiger partial charge in [-0.2, -0.15) is 0 Å². The molecule has 0 amide bonds. The minimum absolute atomic E-state index is 0.357. The van der Waals surface area contributed by atoms with E-state index in [9.17, 15) is 0 Å². The van der Waals surface area contributed by atoms with Crippen LogP contribution in [0.15, 0.2) is 0 Å². The van der Waals surface area contributed by atoms with Crippen molar-refractivity contribution in [2.24, 2.45) is 17.7 Å². The largest absolute Gasteiger partial charge is 0.377 e. The molecule has 0 saturated heterocycles. The van der Waals surface area contributed by atoms with Gasteiger partial charge in [-0.3, -0.25) is 11.3 Å². The third kappa shape index (κ3) is 3.19. The molecule has 0 aromatic heterocycles. The summed E-state index contributed by atoms with van der Waals surface area (Å²) in [5.41, 5.74) is 3.01. The van der Waals surface area contributed by atoms with Crippen molar-refractivity contribution in [2.45, 2.75) is 64.0 Å². The van der Waals surface area contributed by atoms with Crippen molar-refractivity contribution in [3.05, 3.63) is 0 Å². The Morgan fingerprint density at radius 2 is 1.94 bits per heavy atom. The molecule has 2 atom stereocenters. The molecule has 3 heteroatoms. The van der Waals surface area contributed by atoms with Crippen LogP contribution in [0.2, 0.25) is 0 Å². The van der Waals surface area contributed by atoms with Gasteiger partial charge in [0.1, 0.15) is 0 Å². The Hall–Kier alpha value is -0.120. The Morgan fingerprint density at radius 3 is 2.44 bits per heavy atom. The number of nitrogens with two attached hydrogens (primary N) is 1. The van der Waals surface area contributed by atoms with Gasteiger partial charge in [0, 0.05) is 12.6 Å². The fraction of sp³-hybridized carbons (Fsp3) is 1.00. The van der Waals surface area contributed by atoms with Gasteiger partial charge in [0.05, 0.1) is 6.10 Å². The van der Waals surface area contributed by atoms with E-state index < -0.39 is 0 Å². The number of rotatable bonds is 7. The maximum Gasteiger partial charge on any atom is 0.0769 e. The topological polar surface area (TPSA) is 47.3 Å². The Balaban J connectivity index is 1.84. The van der Waals surface area contributed by atoms with Crippen LogP contribution >= 0.6 is 0 Å². The number of hydrazine groups is 1. The van der Waals surface area contributed by atoms with Gasteiger partial charge < -0.3 is 4.74 Å². The summed E-state index contributed by atoms with van der Waals surface area (Å²) in [6.45, 7) is 2.89. The zero-order valence-corrected chi connectivity index (χ0v) is 10.5. The predicted molar refractivity (Wildman–Crippen MR) is 65.8 cm³/mol.